The summed E-state index contributed by atoms with van der Waals surface area (Å²) >= 11 is 0. The maximum Gasteiger partial charge on any atom is 0.316 e. The molecule has 1 saturated heterocycles. The van der Waals surface area contributed by atoms with Crippen LogP contribution in [0.5, 0.6) is 11.8 Å². The van der Waals surface area contributed by atoms with Crippen LogP contribution in [-0.4, -0.2) is 65.6 Å². The molecule has 1 aromatic heterocycles. The summed E-state index contributed by atoms with van der Waals surface area (Å²) in [6.07, 6.45) is 3.47. The van der Waals surface area contributed by atoms with Crippen LogP contribution in [0.3, 0.4) is 0 Å². The Morgan fingerprint density at radius 2 is 2.12 bits per heavy atom. The number of aryl methyl sites for hydroxylation is 1. The van der Waals surface area contributed by atoms with E-state index < -0.39 is 5.60 Å². The van der Waals surface area contributed by atoms with Gasteiger partial charge in [-0.2, -0.15) is 0 Å². The molecule has 1 atom stereocenters. The summed E-state index contributed by atoms with van der Waals surface area (Å²) in [6, 6.07) is 8.13. The highest BCUT2D eigenvalue weighted by molar-refractivity contribution is 5.27. The maximum atomic E-state index is 11.0. The summed E-state index contributed by atoms with van der Waals surface area (Å²) < 4.78 is 16.4. The van der Waals surface area contributed by atoms with Gasteiger partial charge in [0.2, 0.25) is 0 Å². The zero-order valence-electron chi connectivity index (χ0n) is 15.2. The fourth-order valence-electron chi connectivity index (χ4n) is 2.93. The predicted molar refractivity (Wildman–Crippen MR) is 96.3 cm³/mol. The van der Waals surface area contributed by atoms with E-state index in [0.717, 1.165) is 23.4 Å². The lowest BCUT2D eigenvalue weighted by Gasteiger charge is -2.30. The topological polar surface area (TPSA) is 76.9 Å². The van der Waals surface area contributed by atoms with E-state index in [1.807, 2.05) is 31.2 Å². The first kappa shape index (κ1) is 18.6. The minimum Gasteiger partial charge on any atom is -0.490 e. The molecule has 140 valence electrons. The van der Waals surface area contributed by atoms with Crippen LogP contribution in [0.25, 0.3) is 0 Å². The number of hydrogen-bond donors (Lipinski definition) is 1. The van der Waals surface area contributed by atoms with Crippen molar-refractivity contribution >= 4 is 0 Å². The number of methoxy groups -OCH3 is 1. The minimum absolute atomic E-state index is 0.173. The van der Waals surface area contributed by atoms with E-state index in [1.165, 1.54) is 7.11 Å². The molecule has 3 rings (SSSR count). The summed E-state index contributed by atoms with van der Waals surface area (Å²) in [5.74, 6) is 0.748. The van der Waals surface area contributed by atoms with E-state index in [1.54, 1.807) is 12.4 Å². The van der Waals surface area contributed by atoms with Crippen molar-refractivity contribution in [2.45, 2.75) is 19.1 Å². The standard InChI is InChI=1S/C19H25N3O4/c1-15-4-3-5-17(8-15)26-14-19(23)12-22(6-7-25-13-19)11-16-9-20-18(24-2)21-10-16/h3-5,8-10,23H,6-7,11-14H2,1-2H3/t19-/m1/s1. The lowest BCUT2D eigenvalue weighted by Crippen LogP contribution is -2.48. The van der Waals surface area contributed by atoms with Crippen molar-refractivity contribution in [2.24, 2.45) is 0 Å². The van der Waals surface area contributed by atoms with Crippen molar-refractivity contribution in [1.29, 1.82) is 0 Å². The molecule has 0 bridgehead atoms. The third-order valence-corrected chi connectivity index (χ3v) is 4.21. The zero-order chi connectivity index (χ0) is 18.4. The molecule has 1 fully saturated rings. The van der Waals surface area contributed by atoms with Gasteiger partial charge < -0.3 is 19.3 Å². The Balaban J connectivity index is 1.61. The fraction of sp³-hybridized carbons (Fsp3) is 0.474. The largest absolute Gasteiger partial charge is 0.490 e. The van der Waals surface area contributed by atoms with Gasteiger partial charge >= 0.3 is 6.01 Å². The van der Waals surface area contributed by atoms with Crippen molar-refractivity contribution in [2.75, 3.05) is 40.0 Å². The van der Waals surface area contributed by atoms with E-state index in [9.17, 15) is 5.11 Å². The van der Waals surface area contributed by atoms with Gasteiger partial charge in [-0.15, -0.1) is 0 Å². The Labute approximate surface area is 153 Å². The molecule has 0 spiro atoms. The second-order valence-electron chi connectivity index (χ2n) is 6.67. The highest BCUT2D eigenvalue weighted by Gasteiger charge is 2.33. The second-order valence-corrected chi connectivity index (χ2v) is 6.67. The molecule has 1 aromatic carbocycles. The van der Waals surface area contributed by atoms with E-state index in [4.69, 9.17) is 14.2 Å². The van der Waals surface area contributed by atoms with Crippen LogP contribution >= 0.6 is 0 Å². The van der Waals surface area contributed by atoms with E-state index in [0.29, 0.717) is 25.7 Å². The molecule has 0 unspecified atom stereocenters. The first-order chi connectivity index (χ1) is 12.6. The van der Waals surface area contributed by atoms with Crippen LogP contribution in [0.15, 0.2) is 36.7 Å². The van der Waals surface area contributed by atoms with E-state index in [-0.39, 0.29) is 13.2 Å². The van der Waals surface area contributed by atoms with Gasteiger partial charge in [-0.1, -0.05) is 12.1 Å². The molecule has 26 heavy (non-hydrogen) atoms. The van der Waals surface area contributed by atoms with Crippen LogP contribution in [0.4, 0.5) is 0 Å². The van der Waals surface area contributed by atoms with Gasteiger partial charge in [-0.3, -0.25) is 4.90 Å². The van der Waals surface area contributed by atoms with Gasteiger partial charge in [0.1, 0.15) is 18.0 Å². The molecule has 0 amide bonds. The SMILES string of the molecule is COc1ncc(CN2CCOC[C@@](O)(COc3cccc(C)c3)C2)cn1. The van der Waals surface area contributed by atoms with Crippen molar-refractivity contribution in [1.82, 2.24) is 14.9 Å². The summed E-state index contributed by atoms with van der Waals surface area (Å²) in [4.78, 5) is 10.4. The number of rotatable bonds is 6. The minimum atomic E-state index is -1.08. The Morgan fingerprint density at radius 1 is 1.31 bits per heavy atom. The molecule has 7 nitrogen and oxygen atoms in total. The van der Waals surface area contributed by atoms with Gasteiger partial charge in [0.25, 0.3) is 0 Å². The average molecular weight is 359 g/mol. The number of β-amino-alcohol motifs (C(OH)–C–C–N with tert-alkyl or cyclic N) is 1. The normalized spacial score (nSPS) is 21.2. The predicted octanol–water partition coefficient (Wildman–Crippen LogP) is 1.44. The first-order valence-electron chi connectivity index (χ1n) is 8.63. The van der Waals surface area contributed by atoms with Crippen LogP contribution in [0.1, 0.15) is 11.1 Å². The molecule has 0 aliphatic carbocycles. The summed E-state index contributed by atoms with van der Waals surface area (Å²) in [7, 11) is 1.54. The van der Waals surface area contributed by atoms with Crippen molar-refractivity contribution < 1.29 is 19.3 Å². The summed E-state index contributed by atoms with van der Waals surface area (Å²) in [5.41, 5.74) is 0.996. The molecular weight excluding hydrogens is 334 g/mol. The Hall–Kier alpha value is -2.22. The lowest BCUT2D eigenvalue weighted by atomic mass is 10.1. The van der Waals surface area contributed by atoms with Crippen LogP contribution in [-0.2, 0) is 11.3 Å². The number of aliphatic hydroxyl groups is 1. The van der Waals surface area contributed by atoms with Gasteiger partial charge in [-0.05, 0) is 24.6 Å². The molecule has 0 saturated carbocycles. The van der Waals surface area contributed by atoms with E-state index in [2.05, 4.69) is 14.9 Å². The third kappa shape index (κ3) is 5.14. The quantitative estimate of drug-likeness (QED) is 0.836. The van der Waals surface area contributed by atoms with Gasteiger partial charge in [-0.25, -0.2) is 9.97 Å². The van der Waals surface area contributed by atoms with Gasteiger partial charge in [0, 0.05) is 37.6 Å². The molecule has 1 aliphatic rings. The maximum absolute atomic E-state index is 11.0. The zero-order valence-corrected chi connectivity index (χ0v) is 15.2. The van der Waals surface area contributed by atoms with Gasteiger partial charge in [0.15, 0.2) is 0 Å². The number of benzene rings is 1. The molecule has 7 heteroatoms. The smallest absolute Gasteiger partial charge is 0.316 e. The fourth-order valence-corrected chi connectivity index (χ4v) is 2.93. The van der Waals surface area contributed by atoms with Crippen LogP contribution in [0.2, 0.25) is 0 Å². The Bertz CT molecular complexity index is 710. The Kier molecular flexibility index (Phi) is 6.03. The van der Waals surface area contributed by atoms with Crippen LogP contribution < -0.4 is 9.47 Å². The van der Waals surface area contributed by atoms with Crippen molar-refractivity contribution in [3.05, 3.63) is 47.8 Å². The summed E-state index contributed by atoms with van der Waals surface area (Å²) in [6.45, 7) is 4.78. The number of hydrogen-bond acceptors (Lipinski definition) is 7. The first-order valence-corrected chi connectivity index (χ1v) is 8.63. The lowest BCUT2D eigenvalue weighted by molar-refractivity contribution is -0.0646. The number of ether oxygens (including phenoxy) is 3. The molecule has 2 heterocycles. The average Bonchev–Trinajstić information content (AvgIpc) is 2.82. The summed E-state index contributed by atoms with van der Waals surface area (Å²) in [5, 5.41) is 11.0. The van der Waals surface area contributed by atoms with Crippen LogP contribution in [0, 0.1) is 6.92 Å². The molecule has 1 aliphatic heterocycles. The monoisotopic (exact) mass is 359 g/mol. The second kappa shape index (κ2) is 8.44. The van der Waals surface area contributed by atoms with Crippen molar-refractivity contribution in [3.63, 3.8) is 0 Å². The Morgan fingerprint density at radius 3 is 2.85 bits per heavy atom. The third-order valence-electron chi connectivity index (χ3n) is 4.21. The number of nitrogens with zero attached hydrogens (tertiary/aromatic N) is 3. The molecule has 1 N–H and O–H groups in total. The highest BCUT2D eigenvalue weighted by atomic mass is 16.5. The highest BCUT2D eigenvalue weighted by Crippen LogP contribution is 2.19. The number of aromatic nitrogens is 2. The van der Waals surface area contributed by atoms with E-state index >= 15 is 0 Å². The van der Waals surface area contributed by atoms with Crippen molar-refractivity contribution in [3.8, 4) is 11.8 Å². The molecule has 2 aromatic rings. The molecular formula is C19H25N3O4. The van der Waals surface area contributed by atoms with Gasteiger partial charge in [0.05, 0.1) is 20.3 Å². The molecule has 0 radical (unpaired) electrons.